The average molecular weight is 385 g/mol. The van der Waals surface area contributed by atoms with Crippen LogP contribution in [0.2, 0.25) is 5.02 Å². The maximum atomic E-state index is 12.3. The SMILES string of the molecule is C[C@@H]([NH2+]CC(=O)Nc1cc(Cl)ccc1[N+](=O)[O-])c1cccc2ccccc12. The van der Waals surface area contributed by atoms with Gasteiger partial charge in [-0.25, -0.2) is 0 Å². The van der Waals surface area contributed by atoms with Crippen LogP contribution in [0.4, 0.5) is 11.4 Å². The van der Waals surface area contributed by atoms with Gasteiger partial charge in [-0.05, 0) is 29.8 Å². The van der Waals surface area contributed by atoms with Crippen LogP contribution in [0.3, 0.4) is 0 Å². The Labute approximate surface area is 161 Å². The van der Waals surface area contributed by atoms with Crippen molar-refractivity contribution in [2.24, 2.45) is 0 Å². The lowest BCUT2D eigenvalue weighted by molar-refractivity contribution is -0.682. The molecular formula is C20H19ClN3O3+. The zero-order chi connectivity index (χ0) is 19.4. The second-order valence-corrected chi connectivity index (χ2v) is 6.70. The fourth-order valence-electron chi connectivity index (χ4n) is 3.03. The Hall–Kier alpha value is -2.96. The molecule has 0 saturated carbocycles. The zero-order valence-corrected chi connectivity index (χ0v) is 15.4. The van der Waals surface area contributed by atoms with Crippen molar-refractivity contribution in [3.8, 4) is 0 Å². The summed E-state index contributed by atoms with van der Waals surface area (Å²) >= 11 is 5.89. The van der Waals surface area contributed by atoms with Crippen LogP contribution in [0, 0.1) is 10.1 Å². The van der Waals surface area contributed by atoms with Gasteiger partial charge >= 0.3 is 0 Å². The number of hydrogen-bond acceptors (Lipinski definition) is 3. The summed E-state index contributed by atoms with van der Waals surface area (Å²) in [6, 6.07) is 18.3. The Balaban J connectivity index is 1.69. The summed E-state index contributed by atoms with van der Waals surface area (Å²) in [6.07, 6.45) is 0. The van der Waals surface area contributed by atoms with Crippen molar-refractivity contribution in [3.63, 3.8) is 0 Å². The predicted molar refractivity (Wildman–Crippen MR) is 106 cm³/mol. The largest absolute Gasteiger partial charge is 0.332 e. The zero-order valence-electron chi connectivity index (χ0n) is 14.7. The molecule has 3 aromatic carbocycles. The molecule has 0 aromatic heterocycles. The van der Waals surface area contributed by atoms with Crippen LogP contribution < -0.4 is 10.6 Å². The number of nitrogens with one attached hydrogen (secondary N) is 1. The monoisotopic (exact) mass is 384 g/mol. The molecule has 0 saturated heterocycles. The van der Waals surface area contributed by atoms with E-state index in [-0.39, 0.29) is 29.9 Å². The highest BCUT2D eigenvalue weighted by Crippen LogP contribution is 2.27. The van der Waals surface area contributed by atoms with E-state index in [0.29, 0.717) is 5.02 Å². The number of nitro groups is 1. The Bertz CT molecular complexity index is 1000. The van der Waals surface area contributed by atoms with E-state index in [1.165, 1.54) is 18.2 Å². The average Bonchev–Trinajstić information content (AvgIpc) is 2.65. The molecule has 0 unspecified atom stereocenters. The van der Waals surface area contributed by atoms with E-state index in [9.17, 15) is 14.9 Å². The number of rotatable bonds is 6. The number of carbonyl (C=O) groups excluding carboxylic acids is 1. The number of nitrogens with two attached hydrogens (primary N) is 1. The molecule has 0 aliphatic rings. The van der Waals surface area contributed by atoms with Crippen molar-refractivity contribution >= 4 is 39.7 Å². The van der Waals surface area contributed by atoms with Crippen LogP contribution in [0.5, 0.6) is 0 Å². The number of halogens is 1. The van der Waals surface area contributed by atoms with Crippen molar-refractivity contribution in [1.82, 2.24) is 0 Å². The minimum atomic E-state index is -0.547. The van der Waals surface area contributed by atoms with E-state index in [1.54, 1.807) is 0 Å². The number of fused-ring (bicyclic) bond motifs is 1. The lowest BCUT2D eigenvalue weighted by atomic mass is 10.00. The Morgan fingerprint density at radius 1 is 1.19 bits per heavy atom. The van der Waals surface area contributed by atoms with Gasteiger partial charge in [0.2, 0.25) is 0 Å². The van der Waals surface area contributed by atoms with E-state index < -0.39 is 4.92 Å². The van der Waals surface area contributed by atoms with Crippen LogP contribution in [-0.2, 0) is 4.79 Å². The Morgan fingerprint density at radius 2 is 1.93 bits per heavy atom. The quantitative estimate of drug-likeness (QED) is 0.502. The summed E-state index contributed by atoms with van der Waals surface area (Å²) < 4.78 is 0. The summed E-state index contributed by atoms with van der Waals surface area (Å²) in [6.45, 7) is 2.16. The third-order valence-corrected chi connectivity index (χ3v) is 4.64. The van der Waals surface area contributed by atoms with Crippen LogP contribution in [0.15, 0.2) is 60.7 Å². The summed E-state index contributed by atoms with van der Waals surface area (Å²) in [5, 5.41) is 18.2. The molecule has 3 rings (SSSR count). The van der Waals surface area contributed by atoms with E-state index in [0.717, 1.165) is 16.3 Å². The van der Waals surface area contributed by atoms with Gasteiger partial charge in [-0.2, -0.15) is 0 Å². The molecule has 0 fully saturated rings. The van der Waals surface area contributed by atoms with Gasteiger partial charge in [-0.3, -0.25) is 14.9 Å². The van der Waals surface area contributed by atoms with Gasteiger partial charge in [-0.1, -0.05) is 54.1 Å². The molecule has 0 bridgehead atoms. The molecule has 0 heterocycles. The number of anilines is 1. The van der Waals surface area contributed by atoms with Crippen molar-refractivity contribution in [3.05, 3.63) is 81.4 Å². The van der Waals surface area contributed by atoms with Gasteiger partial charge in [0.15, 0.2) is 6.54 Å². The predicted octanol–water partition coefficient (Wildman–Crippen LogP) is 3.66. The second kappa shape index (κ2) is 8.16. The molecule has 3 aromatic rings. The first-order chi connectivity index (χ1) is 13.0. The highest BCUT2D eigenvalue weighted by atomic mass is 35.5. The molecule has 7 heteroatoms. The number of quaternary nitrogens is 1. The van der Waals surface area contributed by atoms with Crippen LogP contribution in [0.1, 0.15) is 18.5 Å². The third kappa shape index (κ3) is 4.42. The van der Waals surface area contributed by atoms with Gasteiger partial charge in [0.25, 0.3) is 11.6 Å². The van der Waals surface area contributed by atoms with Crippen molar-refractivity contribution in [2.75, 3.05) is 11.9 Å². The van der Waals surface area contributed by atoms with Crippen LogP contribution >= 0.6 is 11.6 Å². The molecule has 6 nitrogen and oxygen atoms in total. The summed E-state index contributed by atoms with van der Waals surface area (Å²) in [5.74, 6) is -0.326. The van der Waals surface area contributed by atoms with Crippen LogP contribution in [-0.4, -0.2) is 17.4 Å². The standard InChI is InChI=1S/C20H18ClN3O3/c1-13(16-8-4-6-14-5-2-3-7-17(14)16)22-12-20(25)23-18-11-15(21)9-10-19(18)24(26)27/h2-11,13,22H,12H2,1H3,(H,23,25)/p+1/t13-/m1/s1. The van der Waals surface area contributed by atoms with Crippen molar-refractivity contribution < 1.29 is 15.0 Å². The molecule has 1 atom stereocenters. The van der Waals surface area contributed by atoms with E-state index in [1.807, 2.05) is 36.5 Å². The summed E-state index contributed by atoms with van der Waals surface area (Å²) in [5.41, 5.74) is 1.05. The summed E-state index contributed by atoms with van der Waals surface area (Å²) in [7, 11) is 0. The van der Waals surface area contributed by atoms with Crippen LogP contribution in [0.25, 0.3) is 10.8 Å². The van der Waals surface area contributed by atoms with E-state index >= 15 is 0 Å². The van der Waals surface area contributed by atoms with Gasteiger partial charge in [0, 0.05) is 16.7 Å². The highest BCUT2D eigenvalue weighted by Gasteiger charge is 2.18. The number of amides is 1. The Kier molecular flexibility index (Phi) is 5.69. The van der Waals surface area contributed by atoms with Crippen molar-refractivity contribution in [1.29, 1.82) is 0 Å². The second-order valence-electron chi connectivity index (χ2n) is 6.26. The molecule has 0 aliphatic heterocycles. The number of nitro benzene ring substituents is 1. The number of benzene rings is 3. The first kappa shape index (κ1) is 18.8. The lowest BCUT2D eigenvalue weighted by Crippen LogP contribution is -2.86. The first-order valence-electron chi connectivity index (χ1n) is 8.50. The molecule has 3 N–H and O–H groups in total. The molecular weight excluding hydrogens is 366 g/mol. The van der Waals surface area contributed by atoms with Gasteiger partial charge in [-0.15, -0.1) is 0 Å². The van der Waals surface area contributed by atoms with Crippen molar-refractivity contribution in [2.45, 2.75) is 13.0 Å². The molecule has 138 valence electrons. The van der Waals surface area contributed by atoms with Gasteiger partial charge in [0.1, 0.15) is 11.7 Å². The molecule has 0 radical (unpaired) electrons. The number of nitrogens with zero attached hydrogens (tertiary/aromatic N) is 1. The molecule has 27 heavy (non-hydrogen) atoms. The first-order valence-corrected chi connectivity index (χ1v) is 8.88. The maximum Gasteiger partial charge on any atom is 0.292 e. The van der Waals surface area contributed by atoms with Gasteiger partial charge < -0.3 is 10.6 Å². The molecule has 1 amide bonds. The highest BCUT2D eigenvalue weighted by molar-refractivity contribution is 6.31. The number of carbonyl (C=O) groups is 1. The molecule has 0 spiro atoms. The maximum absolute atomic E-state index is 12.3. The Morgan fingerprint density at radius 3 is 2.70 bits per heavy atom. The number of hydrogen-bond donors (Lipinski definition) is 2. The normalized spacial score (nSPS) is 11.9. The van der Waals surface area contributed by atoms with Gasteiger partial charge in [0.05, 0.1) is 4.92 Å². The smallest absolute Gasteiger partial charge is 0.292 e. The lowest BCUT2D eigenvalue weighted by Gasteiger charge is -2.14. The third-order valence-electron chi connectivity index (χ3n) is 4.40. The molecule has 0 aliphatic carbocycles. The topological polar surface area (TPSA) is 88.8 Å². The fraction of sp³-hybridized carbons (Fsp3) is 0.150. The minimum absolute atomic E-state index is 0.0520. The van der Waals surface area contributed by atoms with E-state index in [4.69, 9.17) is 11.6 Å². The minimum Gasteiger partial charge on any atom is -0.332 e. The fourth-order valence-corrected chi connectivity index (χ4v) is 3.20. The van der Waals surface area contributed by atoms with E-state index in [2.05, 4.69) is 23.5 Å². The summed E-state index contributed by atoms with van der Waals surface area (Å²) in [4.78, 5) is 22.8.